The lowest BCUT2D eigenvalue weighted by Gasteiger charge is -2.43. The standard InChI is InChI=1S/C17H26FN7O/c1-10-12-13(20-9-21-14(12)24-23-10)19-8-17(18)6-11(7-17)22-15(26)16(2,3)25(4)5/h9,11H,6-8H2,1-5H3,(H,22,26)(H2,19,20,21,23,24). The van der Waals surface area contributed by atoms with Gasteiger partial charge in [0.2, 0.25) is 5.91 Å². The van der Waals surface area contributed by atoms with Gasteiger partial charge in [0, 0.05) is 24.6 Å². The number of halogens is 1. The smallest absolute Gasteiger partial charge is 0.240 e. The van der Waals surface area contributed by atoms with Crippen LogP contribution in [-0.4, -0.2) is 68.9 Å². The minimum absolute atomic E-state index is 0.0889. The lowest BCUT2D eigenvalue weighted by atomic mass is 9.76. The molecule has 0 spiro atoms. The Morgan fingerprint density at radius 3 is 2.77 bits per heavy atom. The molecule has 2 aromatic rings. The average Bonchev–Trinajstić information content (AvgIpc) is 2.93. The molecule has 3 rings (SSSR count). The van der Waals surface area contributed by atoms with Gasteiger partial charge in [-0.2, -0.15) is 5.10 Å². The molecule has 3 N–H and O–H groups in total. The zero-order chi connectivity index (χ0) is 19.1. The highest BCUT2D eigenvalue weighted by molar-refractivity contribution is 5.88. The van der Waals surface area contributed by atoms with E-state index in [1.54, 1.807) is 0 Å². The number of hydrogen-bond acceptors (Lipinski definition) is 6. The first kappa shape index (κ1) is 18.5. The highest BCUT2D eigenvalue weighted by Gasteiger charge is 2.46. The molecule has 8 nitrogen and oxygen atoms in total. The van der Waals surface area contributed by atoms with Crippen molar-refractivity contribution in [1.29, 1.82) is 0 Å². The van der Waals surface area contributed by atoms with Crippen LogP contribution in [0.5, 0.6) is 0 Å². The Labute approximate surface area is 152 Å². The summed E-state index contributed by atoms with van der Waals surface area (Å²) in [6, 6.07) is -0.144. The van der Waals surface area contributed by atoms with E-state index in [1.807, 2.05) is 39.8 Å². The highest BCUT2D eigenvalue weighted by atomic mass is 19.1. The Morgan fingerprint density at radius 2 is 2.12 bits per heavy atom. The Bertz CT molecular complexity index is 811. The fourth-order valence-electron chi connectivity index (χ4n) is 3.01. The number of amides is 1. The quantitative estimate of drug-likeness (QED) is 0.718. The monoisotopic (exact) mass is 363 g/mol. The van der Waals surface area contributed by atoms with E-state index in [4.69, 9.17) is 0 Å². The Balaban J connectivity index is 1.56. The summed E-state index contributed by atoms with van der Waals surface area (Å²) in [6.07, 6.45) is 1.98. The summed E-state index contributed by atoms with van der Waals surface area (Å²) in [5, 5.41) is 13.7. The van der Waals surface area contributed by atoms with Crippen LogP contribution in [0.3, 0.4) is 0 Å². The number of aryl methyl sites for hydroxylation is 1. The maximum absolute atomic E-state index is 14.9. The second-order valence-electron chi connectivity index (χ2n) is 7.81. The van der Waals surface area contributed by atoms with Gasteiger partial charge < -0.3 is 10.6 Å². The third-order valence-electron chi connectivity index (χ3n) is 5.34. The highest BCUT2D eigenvalue weighted by Crippen LogP contribution is 2.37. The largest absolute Gasteiger partial charge is 0.366 e. The van der Waals surface area contributed by atoms with Gasteiger partial charge in [0.25, 0.3) is 0 Å². The van der Waals surface area contributed by atoms with Gasteiger partial charge in [-0.3, -0.25) is 14.8 Å². The molecule has 0 aromatic carbocycles. The Kier molecular flexibility index (Phi) is 4.60. The van der Waals surface area contributed by atoms with Gasteiger partial charge in [0.1, 0.15) is 17.8 Å². The molecule has 0 radical (unpaired) electrons. The SMILES string of the molecule is Cc1[nH]nc2ncnc(NCC3(F)CC(NC(=O)C(C)(C)N(C)C)C3)c12. The predicted molar refractivity (Wildman–Crippen MR) is 97.7 cm³/mol. The van der Waals surface area contributed by atoms with E-state index < -0.39 is 11.2 Å². The first-order valence-corrected chi connectivity index (χ1v) is 8.69. The van der Waals surface area contributed by atoms with Crippen molar-refractivity contribution in [2.75, 3.05) is 26.0 Å². The van der Waals surface area contributed by atoms with Crippen molar-refractivity contribution >= 4 is 22.8 Å². The van der Waals surface area contributed by atoms with Crippen LogP contribution < -0.4 is 10.6 Å². The van der Waals surface area contributed by atoms with Crippen molar-refractivity contribution in [2.45, 2.75) is 50.9 Å². The number of fused-ring (bicyclic) bond motifs is 1. The van der Waals surface area contributed by atoms with E-state index in [-0.39, 0.29) is 31.3 Å². The molecule has 9 heteroatoms. The first-order chi connectivity index (χ1) is 12.1. The number of H-pyrrole nitrogens is 1. The van der Waals surface area contributed by atoms with Gasteiger partial charge in [-0.15, -0.1) is 0 Å². The van der Waals surface area contributed by atoms with Crippen LogP contribution in [0.15, 0.2) is 6.33 Å². The van der Waals surface area contributed by atoms with Crippen molar-refractivity contribution in [1.82, 2.24) is 30.4 Å². The number of carbonyl (C=O) groups is 1. The summed E-state index contributed by atoms with van der Waals surface area (Å²) in [4.78, 5) is 22.5. The number of nitrogens with one attached hydrogen (secondary N) is 3. The second kappa shape index (κ2) is 6.46. The normalized spacial score (nSPS) is 23.1. The van der Waals surface area contributed by atoms with Gasteiger partial charge in [0.05, 0.1) is 17.5 Å². The molecule has 1 aliphatic rings. The van der Waals surface area contributed by atoms with Gasteiger partial charge in [-0.1, -0.05) is 0 Å². The Morgan fingerprint density at radius 1 is 1.42 bits per heavy atom. The van der Waals surface area contributed by atoms with Crippen LogP contribution in [0.25, 0.3) is 11.0 Å². The van der Waals surface area contributed by atoms with Crippen LogP contribution in [0, 0.1) is 6.92 Å². The van der Waals surface area contributed by atoms with Crippen molar-refractivity contribution < 1.29 is 9.18 Å². The molecule has 142 valence electrons. The molecule has 1 fully saturated rings. The minimum atomic E-state index is -1.37. The fraction of sp³-hybridized carbons (Fsp3) is 0.647. The van der Waals surface area contributed by atoms with Crippen LogP contribution in [0.2, 0.25) is 0 Å². The zero-order valence-electron chi connectivity index (χ0n) is 15.9. The molecule has 0 bridgehead atoms. The number of carbonyl (C=O) groups excluding carboxylic acids is 1. The third kappa shape index (κ3) is 3.35. The van der Waals surface area contributed by atoms with Crippen LogP contribution in [-0.2, 0) is 4.79 Å². The summed E-state index contributed by atoms with van der Waals surface area (Å²) in [6.45, 7) is 5.70. The molecule has 2 heterocycles. The maximum atomic E-state index is 14.9. The van der Waals surface area contributed by atoms with E-state index in [2.05, 4.69) is 30.8 Å². The lowest BCUT2D eigenvalue weighted by Crippen LogP contribution is -2.60. The number of anilines is 1. The van der Waals surface area contributed by atoms with Crippen LogP contribution in [0.4, 0.5) is 10.2 Å². The lowest BCUT2D eigenvalue weighted by molar-refractivity contribution is -0.132. The summed E-state index contributed by atoms with van der Waals surface area (Å²) in [5.41, 5.74) is -0.605. The summed E-state index contributed by atoms with van der Waals surface area (Å²) >= 11 is 0. The number of hydrogen-bond donors (Lipinski definition) is 3. The van der Waals surface area contributed by atoms with E-state index in [9.17, 15) is 9.18 Å². The zero-order valence-corrected chi connectivity index (χ0v) is 15.9. The van der Waals surface area contributed by atoms with Gasteiger partial charge in [-0.25, -0.2) is 14.4 Å². The topological polar surface area (TPSA) is 98.8 Å². The summed E-state index contributed by atoms with van der Waals surface area (Å²) in [7, 11) is 3.70. The molecule has 0 atom stereocenters. The number of aromatic nitrogens is 4. The molecule has 0 saturated heterocycles. The summed E-state index contributed by atoms with van der Waals surface area (Å²) in [5.74, 6) is 0.480. The van der Waals surface area contributed by atoms with Crippen LogP contribution >= 0.6 is 0 Å². The number of aromatic amines is 1. The molecule has 0 aliphatic heterocycles. The van der Waals surface area contributed by atoms with Gasteiger partial charge >= 0.3 is 0 Å². The first-order valence-electron chi connectivity index (χ1n) is 8.69. The van der Waals surface area contributed by atoms with E-state index in [0.717, 1.165) is 11.1 Å². The minimum Gasteiger partial charge on any atom is -0.366 e. The molecule has 2 aromatic heterocycles. The van der Waals surface area contributed by atoms with Crippen molar-refractivity contribution in [3.8, 4) is 0 Å². The van der Waals surface area contributed by atoms with Gasteiger partial charge in [-0.05, 0) is 34.9 Å². The molecule has 1 amide bonds. The number of likely N-dealkylation sites (N-methyl/N-ethyl adjacent to an activating group) is 1. The molecule has 1 aliphatic carbocycles. The molecular formula is C17H26FN7O. The summed E-state index contributed by atoms with van der Waals surface area (Å²) < 4.78 is 14.9. The van der Waals surface area contributed by atoms with E-state index in [0.29, 0.717) is 11.5 Å². The maximum Gasteiger partial charge on any atom is 0.240 e. The average molecular weight is 363 g/mol. The molecule has 26 heavy (non-hydrogen) atoms. The number of nitrogens with zero attached hydrogens (tertiary/aromatic N) is 4. The number of alkyl halides is 1. The molecule has 1 saturated carbocycles. The van der Waals surface area contributed by atoms with Crippen molar-refractivity contribution in [3.05, 3.63) is 12.0 Å². The van der Waals surface area contributed by atoms with E-state index in [1.165, 1.54) is 6.33 Å². The molecule has 0 unspecified atom stereocenters. The molecular weight excluding hydrogens is 337 g/mol. The van der Waals surface area contributed by atoms with Crippen molar-refractivity contribution in [2.24, 2.45) is 0 Å². The van der Waals surface area contributed by atoms with Gasteiger partial charge in [0.15, 0.2) is 5.65 Å². The number of rotatable bonds is 6. The second-order valence-corrected chi connectivity index (χ2v) is 7.81. The van der Waals surface area contributed by atoms with Crippen molar-refractivity contribution in [3.63, 3.8) is 0 Å². The third-order valence-corrected chi connectivity index (χ3v) is 5.34. The Hall–Kier alpha value is -2.29. The van der Waals surface area contributed by atoms with E-state index >= 15 is 0 Å². The fourth-order valence-corrected chi connectivity index (χ4v) is 3.01. The predicted octanol–water partition coefficient (Wildman–Crippen LogP) is 1.40. The van der Waals surface area contributed by atoms with Crippen LogP contribution in [0.1, 0.15) is 32.4 Å².